The molecule has 0 radical (unpaired) electrons. The summed E-state index contributed by atoms with van der Waals surface area (Å²) < 4.78 is 19.2. The van der Waals surface area contributed by atoms with Crippen molar-refractivity contribution in [1.82, 2.24) is 4.90 Å². The normalized spacial score (nSPS) is 19.4. The minimum absolute atomic E-state index is 0.253. The molecule has 5 heteroatoms. The number of halogens is 1. The molecule has 1 aliphatic heterocycles. The zero-order valence-electron chi connectivity index (χ0n) is 19.1. The molecule has 0 atom stereocenters. The van der Waals surface area contributed by atoms with Crippen molar-refractivity contribution < 1.29 is 19.0 Å². The van der Waals surface area contributed by atoms with Crippen molar-refractivity contribution in [1.29, 1.82) is 0 Å². The van der Waals surface area contributed by atoms with Gasteiger partial charge in [0.25, 0.3) is 0 Å². The summed E-state index contributed by atoms with van der Waals surface area (Å²) in [7, 11) is 0. The SMILES string of the molecule is O=C(O)C1(CN2CC3(Cc4ccc(-c5ccc(OCc6cccc(F)c6)cc5)cc4C3)C2)CC1. The highest BCUT2D eigenvalue weighted by Gasteiger charge is 2.55. The van der Waals surface area contributed by atoms with E-state index in [1.807, 2.05) is 18.2 Å². The van der Waals surface area contributed by atoms with Gasteiger partial charge in [-0.3, -0.25) is 4.79 Å². The molecular formula is C29H28FNO3. The molecule has 1 saturated carbocycles. The standard InChI is InChI=1S/C29H28FNO3/c30-25-3-1-2-20(12-25)16-34-26-8-6-21(7-9-26)22-4-5-23-14-28(15-24(23)13-22)17-31(18-28)19-29(10-11-29)27(32)33/h1-9,12-13H,10-11,14-19H2,(H,32,33). The van der Waals surface area contributed by atoms with Crippen LogP contribution in [0.5, 0.6) is 5.75 Å². The summed E-state index contributed by atoms with van der Waals surface area (Å²) in [5.74, 6) is -0.118. The topological polar surface area (TPSA) is 49.8 Å². The number of rotatable bonds is 7. The van der Waals surface area contributed by atoms with E-state index >= 15 is 0 Å². The first-order chi connectivity index (χ1) is 16.4. The Hall–Kier alpha value is -3.18. The fourth-order valence-electron chi connectivity index (χ4n) is 5.81. The predicted octanol–water partition coefficient (Wildman–Crippen LogP) is 5.34. The van der Waals surface area contributed by atoms with Gasteiger partial charge in [-0.05, 0) is 77.8 Å². The number of carboxylic acids is 1. The highest BCUT2D eigenvalue weighted by atomic mass is 19.1. The van der Waals surface area contributed by atoms with Gasteiger partial charge < -0.3 is 14.7 Å². The number of ether oxygens (including phenoxy) is 1. The first kappa shape index (κ1) is 21.4. The zero-order valence-corrected chi connectivity index (χ0v) is 19.1. The second-order valence-electron chi connectivity index (χ2n) is 10.5. The molecule has 6 rings (SSSR count). The van der Waals surface area contributed by atoms with Gasteiger partial charge in [0.2, 0.25) is 0 Å². The van der Waals surface area contributed by atoms with E-state index in [0.717, 1.165) is 55.6 Å². The van der Waals surface area contributed by atoms with Crippen LogP contribution in [0.25, 0.3) is 11.1 Å². The molecule has 1 heterocycles. The van der Waals surface area contributed by atoms with Gasteiger partial charge in [0.1, 0.15) is 18.2 Å². The molecule has 4 nitrogen and oxygen atoms in total. The van der Waals surface area contributed by atoms with Gasteiger partial charge in [0.05, 0.1) is 5.41 Å². The molecule has 3 aliphatic rings. The first-order valence-corrected chi connectivity index (χ1v) is 12.0. The largest absolute Gasteiger partial charge is 0.489 e. The van der Waals surface area contributed by atoms with Crippen LogP contribution < -0.4 is 4.74 Å². The molecule has 0 bridgehead atoms. The molecule has 0 aromatic heterocycles. The third-order valence-corrected chi connectivity index (χ3v) is 7.77. The molecule has 34 heavy (non-hydrogen) atoms. The van der Waals surface area contributed by atoms with Crippen LogP contribution in [-0.4, -0.2) is 35.6 Å². The fraction of sp³-hybridized carbons (Fsp3) is 0.345. The smallest absolute Gasteiger partial charge is 0.310 e. The minimum Gasteiger partial charge on any atom is -0.489 e. The Morgan fingerprint density at radius 3 is 2.38 bits per heavy atom. The number of nitrogens with zero attached hydrogens (tertiary/aromatic N) is 1. The number of benzene rings is 3. The molecular weight excluding hydrogens is 429 g/mol. The van der Waals surface area contributed by atoms with E-state index in [9.17, 15) is 14.3 Å². The van der Waals surface area contributed by atoms with Crippen molar-refractivity contribution in [3.05, 3.63) is 89.2 Å². The number of likely N-dealkylation sites (tertiary alicyclic amines) is 1. The lowest BCUT2D eigenvalue weighted by Gasteiger charge is -2.49. The lowest BCUT2D eigenvalue weighted by molar-refractivity contribution is -0.145. The molecule has 3 aromatic carbocycles. The Morgan fingerprint density at radius 2 is 1.68 bits per heavy atom. The predicted molar refractivity (Wildman–Crippen MR) is 128 cm³/mol. The van der Waals surface area contributed by atoms with Gasteiger partial charge >= 0.3 is 5.97 Å². The Morgan fingerprint density at radius 1 is 0.941 bits per heavy atom. The van der Waals surface area contributed by atoms with Gasteiger partial charge in [-0.2, -0.15) is 0 Å². The van der Waals surface area contributed by atoms with Crippen molar-refractivity contribution >= 4 is 5.97 Å². The monoisotopic (exact) mass is 457 g/mol. The molecule has 2 aliphatic carbocycles. The molecule has 1 spiro atoms. The van der Waals surface area contributed by atoms with Gasteiger partial charge in [-0.25, -0.2) is 4.39 Å². The van der Waals surface area contributed by atoms with Crippen molar-refractivity contribution in [2.75, 3.05) is 19.6 Å². The molecule has 3 aromatic rings. The number of fused-ring (bicyclic) bond motifs is 1. The summed E-state index contributed by atoms with van der Waals surface area (Å²) in [4.78, 5) is 13.9. The van der Waals surface area contributed by atoms with Gasteiger partial charge in [-0.15, -0.1) is 0 Å². The van der Waals surface area contributed by atoms with Gasteiger partial charge in [-0.1, -0.05) is 42.5 Å². The Balaban J connectivity index is 1.08. The van der Waals surface area contributed by atoms with Crippen molar-refractivity contribution in [2.45, 2.75) is 32.3 Å². The number of aliphatic carboxylic acids is 1. The molecule has 2 fully saturated rings. The molecule has 0 amide bonds. The van der Waals surface area contributed by atoms with Crippen molar-refractivity contribution in [3.8, 4) is 16.9 Å². The second kappa shape index (κ2) is 7.95. The number of hydrogen-bond acceptors (Lipinski definition) is 3. The lowest BCUT2D eigenvalue weighted by Crippen LogP contribution is -2.58. The number of carbonyl (C=O) groups is 1. The maximum absolute atomic E-state index is 13.3. The molecule has 0 unspecified atom stereocenters. The van der Waals surface area contributed by atoms with Crippen LogP contribution >= 0.6 is 0 Å². The maximum Gasteiger partial charge on any atom is 0.310 e. The summed E-state index contributed by atoms with van der Waals surface area (Å²) in [6, 6.07) is 21.3. The van der Waals surface area contributed by atoms with E-state index in [1.54, 1.807) is 6.07 Å². The summed E-state index contributed by atoms with van der Waals surface area (Å²) in [5, 5.41) is 9.47. The summed E-state index contributed by atoms with van der Waals surface area (Å²) in [5.41, 5.74) is 5.82. The van der Waals surface area contributed by atoms with E-state index in [4.69, 9.17) is 4.74 Å². The fourth-order valence-corrected chi connectivity index (χ4v) is 5.81. The van der Waals surface area contributed by atoms with Crippen LogP contribution in [0.1, 0.15) is 29.5 Å². The third kappa shape index (κ3) is 3.98. The average Bonchev–Trinajstić information content (AvgIpc) is 3.49. The molecule has 174 valence electrons. The highest BCUT2D eigenvalue weighted by molar-refractivity contribution is 5.78. The summed E-state index contributed by atoms with van der Waals surface area (Å²) in [6.45, 7) is 3.05. The first-order valence-electron chi connectivity index (χ1n) is 12.0. The van der Waals surface area contributed by atoms with E-state index in [-0.39, 0.29) is 11.2 Å². The zero-order chi connectivity index (χ0) is 23.3. The Labute approximate surface area is 199 Å². The number of carboxylic acid groups (broad SMARTS) is 1. The molecule has 1 N–H and O–H groups in total. The van der Waals surface area contributed by atoms with Crippen molar-refractivity contribution in [2.24, 2.45) is 10.8 Å². The number of hydrogen-bond donors (Lipinski definition) is 1. The molecule has 1 saturated heterocycles. The quantitative estimate of drug-likeness (QED) is 0.521. The van der Waals surface area contributed by atoms with Crippen molar-refractivity contribution in [3.63, 3.8) is 0 Å². The Bertz CT molecular complexity index is 1240. The minimum atomic E-state index is -0.627. The van der Waals surface area contributed by atoms with Crippen LogP contribution in [-0.2, 0) is 24.2 Å². The van der Waals surface area contributed by atoms with Crippen LogP contribution in [0.15, 0.2) is 66.7 Å². The van der Waals surface area contributed by atoms with Gasteiger partial charge in [0.15, 0.2) is 0 Å². The van der Waals surface area contributed by atoms with Crippen LogP contribution in [0, 0.1) is 16.6 Å². The lowest BCUT2D eigenvalue weighted by atomic mass is 9.76. The van der Waals surface area contributed by atoms with Crippen LogP contribution in [0.2, 0.25) is 0 Å². The van der Waals surface area contributed by atoms with E-state index in [2.05, 4.69) is 35.2 Å². The average molecular weight is 458 g/mol. The Kier molecular flexibility index (Phi) is 4.99. The highest BCUT2D eigenvalue weighted by Crippen LogP contribution is 2.51. The summed E-state index contributed by atoms with van der Waals surface area (Å²) in [6.07, 6.45) is 3.81. The summed E-state index contributed by atoms with van der Waals surface area (Å²) >= 11 is 0. The van der Waals surface area contributed by atoms with Crippen LogP contribution in [0.3, 0.4) is 0 Å². The second-order valence-corrected chi connectivity index (χ2v) is 10.5. The maximum atomic E-state index is 13.3. The third-order valence-electron chi connectivity index (χ3n) is 7.77. The van der Waals surface area contributed by atoms with Crippen LogP contribution in [0.4, 0.5) is 4.39 Å². The van der Waals surface area contributed by atoms with E-state index in [0.29, 0.717) is 13.2 Å². The van der Waals surface area contributed by atoms with E-state index in [1.165, 1.54) is 28.8 Å². The van der Waals surface area contributed by atoms with E-state index < -0.39 is 11.4 Å². The van der Waals surface area contributed by atoms with Gasteiger partial charge in [0, 0.05) is 25.0 Å².